The highest BCUT2D eigenvalue weighted by Crippen LogP contribution is 2.36. The molecule has 49 heavy (non-hydrogen) atoms. The maximum absolute atomic E-state index is 13.0. The molecule has 10 nitrogen and oxygen atoms in total. The Hall–Kier alpha value is -5.81. The SMILES string of the molecule is Cc1ccc(C2COc3cc(-n4nnc5ccccc54)ccc3C2=O)cc1.O=C1c2ccc(O)cc2OCC1c1ccc(O)cc1.[2H]S(C)=O. The van der Waals surface area contributed by atoms with Crippen molar-refractivity contribution in [1.82, 2.24) is 15.0 Å². The van der Waals surface area contributed by atoms with Crippen LogP contribution in [-0.2, 0) is 11.6 Å². The lowest BCUT2D eigenvalue weighted by molar-refractivity contribution is 0.0887. The molecule has 248 valence electrons. The molecule has 0 saturated carbocycles. The average molecular weight is 677 g/mol. The number of para-hydroxylation sites is 1. The van der Waals surface area contributed by atoms with Gasteiger partial charge in [-0.05, 0) is 66.6 Å². The van der Waals surface area contributed by atoms with Crippen LogP contribution in [0.1, 0.15) is 49.2 Å². The molecule has 6 aromatic rings. The van der Waals surface area contributed by atoms with Crippen molar-refractivity contribution in [3.63, 3.8) is 0 Å². The maximum atomic E-state index is 13.0. The molecule has 0 saturated heterocycles. The number of carbonyl (C=O) groups is 2. The lowest BCUT2D eigenvalue weighted by atomic mass is 9.88. The second kappa shape index (κ2) is 14.5. The topological polar surface area (TPSA) is 141 Å². The number of nitrogens with zero attached hydrogens (tertiary/aromatic N) is 3. The van der Waals surface area contributed by atoms with Gasteiger partial charge in [-0.3, -0.25) is 13.8 Å². The molecule has 3 unspecified atom stereocenters. The van der Waals surface area contributed by atoms with Crippen LogP contribution in [0, 0.1) is 6.92 Å². The van der Waals surface area contributed by atoms with E-state index < -0.39 is 11.6 Å². The molecule has 0 fully saturated rings. The van der Waals surface area contributed by atoms with Gasteiger partial charge in [0, 0.05) is 30.0 Å². The largest absolute Gasteiger partial charge is 0.508 e. The van der Waals surface area contributed by atoms with Gasteiger partial charge in [-0.2, -0.15) is 0 Å². The number of hydrogen-bond acceptors (Lipinski definition) is 9. The molecular formula is C38H33N3O7S. The van der Waals surface area contributed by atoms with Crippen LogP contribution in [0.5, 0.6) is 23.0 Å². The fourth-order valence-electron chi connectivity index (χ4n) is 5.73. The molecule has 2 aliphatic rings. The minimum absolute atomic E-state index is 0.0352. The van der Waals surface area contributed by atoms with E-state index in [4.69, 9.17) is 10.6 Å². The van der Waals surface area contributed by atoms with E-state index in [1.165, 1.54) is 24.0 Å². The Balaban J connectivity index is 0.000000164. The van der Waals surface area contributed by atoms with Gasteiger partial charge in [0.25, 0.3) is 0 Å². The van der Waals surface area contributed by atoms with Gasteiger partial charge in [-0.25, -0.2) is 4.68 Å². The van der Waals surface area contributed by atoms with E-state index >= 15 is 0 Å². The molecule has 0 aliphatic carbocycles. The number of aromatic nitrogens is 3. The third kappa shape index (κ3) is 7.07. The number of phenols is 2. The van der Waals surface area contributed by atoms with E-state index in [-0.39, 0.29) is 41.5 Å². The minimum atomic E-state index is -1.36. The number of thiol groups is 1. The van der Waals surface area contributed by atoms with Crippen molar-refractivity contribution >= 4 is 34.2 Å². The van der Waals surface area contributed by atoms with E-state index in [1.54, 1.807) is 35.0 Å². The standard InChI is InChI=1S/C22H17N3O2.C15H12O4.CH4OS/c1-14-6-8-15(9-7-14)18-13-27-21-12-16(10-11-17(21)22(18)26)25-20-5-3-2-4-19(20)23-24-25;16-10-3-1-9(2-4-10)13-8-19-14-7-11(17)5-6-12(14)15(13)18;1-3-2/h2-12,18H,13H2,1H3;1-7,13,16-17H,8H2;3H,1H3/i;;3D. The van der Waals surface area contributed by atoms with Gasteiger partial charge in [-0.15, -0.1) is 5.10 Å². The van der Waals surface area contributed by atoms with Crippen LogP contribution < -0.4 is 9.47 Å². The van der Waals surface area contributed by atoms with Gasteiger partial charge in [-0.1, -0.05) is 59.3 Å². The summed E-state index contributed by atoms with van der Waals surface area (Å²) in [5.41, 5.74) is 6.62. The number of fused-ring (bicyclic) bond motifs is 3. The van der Waals surface area contributed by atoms with Crippen LogP contribution >= 0.6 is 0 Å². The first-order chi connectivity index (χ1) is 24.1. The van der Waals surface area contributed by atoms with Gasteiger partial charge >= 0.3 is 0 Å². The monoisotopic (exact) mass is 676 g/mol. The summed E-state index contributed by atoms with van der Waals surface area (Å²) in [4.78, 5) is 25.4. The Labute approximate surface area is 287 Å². The lowest BCUT2D eigenvalue weighted by Gasteiger charge is -2.25. The number of benzene rings is 5. The molecule has 5 aromatic carbocycles. The van der Waals surface area contributed by atoms with E-state index in [1.807, 2.05) is 73.7 Å². The van der Waals surface area contributed by atoms with Crippen molar-refractivity contribution in [3.8, 4) is 28.7 Å². The highest BCUT2D eigenvalue weighted by atomic mass is 32.1. The van der Waals surface area contributed by atoms with Gasteiger partial charge < -0.3 is 19.7 Å². The Kier molecular flexibility index (Phi) is 9.42. The normalized spacial score (nSPS) is 17.1. The maximum Gasteiger partial charge on any atom is 0.177 e. The molecular weight excluding hydrogens is 642 g/mol. The van der Waals surface area contributed by atoms with E-state index in [9.17, 15) is 24.0 Å². The van der Waals surface area contributed by atoms with Gasteiger partial charge in [0.2, 0.25) is 0 Å². The third-order valence-electron chi connectivity index (χ3n) is 8.28. The van der Waals surface area contributed by atoms with Crippen LogP contribution in [0.3, 0.4) is 0 Å². The summed E-state index contributed by atoms with van der Waals surface area (Å²) < 4.78 is 28.5. The number of ketones is 2. The Morgan fingerprint density at radius 3 is 1.92 bits per heavy atom. The molecule has 0 bridgehead atoms. The molecule has 8 rings (SSSR count). The van der Waals surface area contributed by atoms with Crippen molar-refractivity contribution in [2.75, 3.05) is 19.5 Å². The number of aromatic hydroxyl groups is 2. The molecule has 2 N–H and O–H groups in total. The average Bonchev–Trinajstić information content (AvgIpc) is 3.54. The summed E-state index contributed by atoms with van der Waals surface area (Å²) in [6, 6.07) is 32.4. The van der Waals surface area contributed by atoms with Crippen molar-refractivity contribution in [3.05, 3.63) is 137 Å². The molecule has 11 heteroatoms. The molecule has 0 spiro atoms. The molecule has 0 radical (unpaired) electrons. The number of carbonyl (C=O) groups excluding carboxylic acids is 2. The van der Waals surface area contributed by atoms with Crippen molar-refractivity contribution in [2.45, 2.75) is 18.8 Å². The predicted octanol–water partition coefficient (Wildman–Crippen LogP) is 6.11. The van der Waals surface area contributed by atoms with Gasteiger partial charge in [0.05, 0.1) is 34.2 Å². The second-order valence-electron chi connectivity index (χ2n) is 11.5. The van der Waals surface area contributed by atoms with Crippen LogP contribution in [0.15, 0.2) is 109 Å². The van der Waals surface area contributed by atoms with Crippen molar-refractivity contribution in [2.24, 2.45) is 0 Å². The number of rotatable bonds is 3. The van der Waals surface area contributed by atoms with Crippen LogP contribution in [-0.4, -0.2) is 61.6 Å². The minimum Gasteiger partial charge on any atom is -0.508 e. The zero-order valence-corrected chi connectivity index (χ0v) is 27.5. The number of aryl methyl sites for hydroxylation is 1. The molecule has 0 amide bonds. The van der Waals surface area contributed by atoms with Crippen molar-refractivity contribution < 1.29 is 33.5 Å². The zero-order chi connectivity index (χ0) is 35.4. The van der Waals surface area contributed by atoms with Gasteiger partial charge in [0.1, 0.15) is 42.9 Å². The van der Waals surface area contributed by atoms with Gasteiger partial charge in [0.15, 0.2) is 11.6 Å². The first-order valence-corrected chi connectivity index (χ1v) is 16.6. The van der Waals surface area contributed by atoms with Crippen molar-refractivity contribution in [1.29, 1.82) is 1.12 Å². The summed E-state index contributed by atoms with van der Waals surface area (Å²) in [7, 11) is 0. The van der Waals surface area contributed by atoms with Crippen LogP contribution in [0.25, 0.3) is 16.7 Å². The van der Waals surface area contributed by atoms with Crippen LogP contribution in [0.4, 0.5) is 0 Å². The first kappa shape index (κ1) is 31.8. The second-order valence-corrected chi connectivity index (χ2v) is 11.8. The molecule has 1 aromatic heterocycles. The summed E-state index contributed by atoms with van der Waals surface area (Å²) in [6.45, 7) is 2.62. The number of ether oxygens (including phenoxy) is 2. The first-order valence-electron chi connectivity index (χ1n) is 15.8. The summed E-state index contributed by atoms with van der Waals surface area (Å²) in [5, 5.41) is 27.1. The Morgan fingerprint density at radius 1 is 0.755 bits per heavy atom. The summed E-state index contributed by atoms with van der Waals surface area (Å²) in [5.74, 6) is 0.671. The summed E-state index contributed by atoms with van der Waals surface area (Å²) in [6.07, 6.45) is 1.31. The van der Waals surface area contributed by atoms with Crippen LogP contribution in [0.2, 0.25) is 0 Å². The Morgan fingerprint density at radius 2 is 1.29 bits per heavy atom. The highest BCUT2D eigenvalue weighted by Gasteiger charge is 2.31. The fourth-order valence-corrected chi connectivity index (χ4v) is 5.73. The highest BCUT2D eigenvalue weighted by molar-refractivity contribution is 7.64. The lowest BCUT2D eigenvalue weighted by Crippen LogP contribution is -2.26. The van der Waals surface area contributed by atoms with E-state index in [0.29, 0.717) is 29.2 Å². The quantitative estimate of drug-likeness (QED) is 0.190. The van der Waals surface area contributed by atoms with E-state index in [2.05, 4.69) is 10.3 Å². The number of hydrogen-bond donors (Lipinski definition) is 3. The number of phenolic OH excluding ortho intramolecular Hbond substituents is 2. The molecule has 3 heterocycles. The fraction of sp³-hybridized carbons (Fsp3) is 0.158. The number of Topliss-reactive ketones (excluding diaryl/α,β-unsaturated/α-hetero) is 2. The smallest absolute Gasteiger partial charge is 0.177 e. The molecule has 2 aliphatic heterocycles. The molecule has 3 atom stereocenters. The Bertz CT molecular complexity index is 2200. The zero-order valence-electron chi connectivity index (χ0n) is 27.6. The van der Waals surface area contributed by atoms with E-state index in [0.717, 1.165) is 27.8 Å². The third-order valence-corrected chi connectivity index (χ3v) is 8.28. The predicted molar refractivity (Wildman–Crippen MR) is 187 cm³/mol. The summed E-state index contributed by atoms with van der Waals surface area (Å²) >= 11 is -1.36.